The summed E-state index contributed by atoms with van der Waals surface area (Å²) in [5, 5.41) is 0. The van der Waals surface area contributed by atoms with Gasteiger partial charge in [0.2, 0.25) is 0 Å². The number of carbonyl (C=O) groups excluding carboxylic acids is 1. The van der Waals surface area contributed by atoms with Crippen LogP contribution < -0.4 is 0 Å². The fourth-order valence-corrected chi connectivity index (χ4v) is 3.49. The molecule has 2 heterocycles. The molecule has 0 saturated carbocycles. The summed E-state index contributed by atoms with van der Waals surface area (Å²) >= 11 is 0. The normalized spacial score (nSPS) is 17.8. The van der Waals surface area contributed by atoms with Crippen LogP contribution in [0.25, 0.3) is 0 Å². The van der Waals surface area contributed by atoms with E-state index >= 15 is 0 Å². The third-order valence-corrected chi connectivity index (χ3v) is 5.32. The van der Waals surface area contributed by atoms with Crippen molar-refractivity contribution in [1.29, 1.82) is 0 Å². The number of hydrogen-bond acceptors (Lipinski definition) is 3. The Balaban J connectivity index is 1.65. The van der Waals surface area contributed by atoms with Crippen LogP contribution in [-0.2, 0) is 16.0 Å². The molecule has 4 nitrogen and oxygen atoms in total. The largest absolute Gasteiger partial charge is 0.369 e. The van der Waals surface area contributed by atoms with E-state index in [2.05, 4.69) is 17.1 Å². The van der Waals surface area contributed by atoms with E-state index in [0.29, 0.717) is 6.54 Å². The van der Waals surface area contributed by atoms with Crippen LogP contribution in [-0.4, -0.2) is 41.6 Å². The summed E-state index contributed by atoms with van der Waals surface area (Å²) in [5.41, 5.74) is 2.37. The van der Waals surface area contributed by atoms with Gasteiger partial charge in [-0.25, -0.2) is 4.39 Å². The van der Waals surface area contributed by atoms with E-state index in [0.717, 1.165) is 42.6 Å². The van der Waals surface area contributed by atoms with E-state index in [9.17, 15) is 9.18 Å². The van der Waals surface area contributed by atoms with E-state index < -0.39 is 5.60 Å². The lowest BCUT2D eigenvalue weighted by molar-refractivity contribution is -0.152. The SMILES string of the molecule is COC(C)(C)C(=O)N1CCC[C@@H](c2ccc(Cc3ccc(F)cc3)cn2)C1. The first-order valence-electron chi connectivity index (χ1n) is 9.43. The van der Waals surface area contributed by atoms with Gasteiger partial charge in [-0.05, 0) is 62.4 Å². The number of aromatic nitrogens is 1. The van der Waals surface area contributed by atoms with Crippen molar-refractivity contribution in [3.63, 3.8) is 0 Å². The molecule has 1 aliphatic rings. The zero-order valence-corrected chi connectivity index (χ0v) is 16.2. The summed E-state index contributed by atoms with van der Waals surface area (Å²) in [6, 6.07) is 10.7. The Bertz CT molecular complexity index is 772. The Morgan fingerprint density at radius 2 is 1.93 bits per heavy atom. The van der Waals surface area contributed by atoms with Crippen molar-refractivity contribution >= 4 is 5.91 Å². The number of rotatable bonds is 5. The molecule has 1 amide bonds. The minimum absolute atomic E-state index is 0.0302. The van der Waals surface area contributed by atoms with Gasteiger partial charge in [0.15, 0.2) is 0 Å². The highest BCUT2D eigenvalue weighted by Gasteiger charge is 2.35. The monoisotopic (exact) mass is 370 g/mol. The lowest BCUT2D eigenvalue weighted by Crippen LogP contribution is -2.49. The van der Waals surface area contributed by atoms with Crippen LogP contribution in [0.4, 0.5) is 4.39 Å². The molecule has 0 N–H and O–H groups in total. The summed E-state index contributed by atoms with van der Waals surface area (Å²) in [4.78, 5) is 19.2. The molecule has 0 radical (unpaired) electrons. The Labute approximate surface area is 160 Å². The number of halogens is 1. The first kappa shape index (κ1) is 19.5. The molecule has 1 aromatic heterocycles. The number of likely N-dealkylation sites (tertiary alicyclic amines) is 1. The van der Waals surface area contributed by atoms with Crippen molar-refractivity contribution in [2.45, 2.75) is 44.6 Å². The third-order valence-electron chi connectivity index (χ3n) is 5.32. The van der Waals surface area contributed by atoms with Gasteiger partial charge >= 0.3 is 0 Å². The van der Waals surface area contributed by atoms with Gasteiger partial charge in [-0.2, -0.15) is 0 Å². The number of hydrogen-bond donors (Lipinski definition) is 0. The highest BCUT2D eigenvalue weighted by atomic mass is 19.1. The van der Waals surface area contributed by atoms with Crippen LogP contribution in [0.15, 0.2) is 42.6 Å². The highest BCUT2D eigenvalue weighted by Crippen LogP contribution is 2.28. The molecule has 1 aromatic carbocycles. The maximum absolute atomic E-state index is 13.0. The number of amides is 1. The van der Waals surface area contributed by atoms with Gasteiger partial charge in [-0.3, -0.25) is 9.78 Å². The molecule has 0 unspecified atom stereocenters. The van der Waals surface area contributed by atoms with Gasteiger partial charge in [0.25, 0.3) is 5.91 Å². The van der Waals surface area contributed by atoms with Crippen molar-refractivity contribution in [3.05, 3.63) is 65.2 Å². The summed E-state index contributed by atoms with van der Waals surface area (Å²) in [6.45, 7) is 5.06. The Morgan fingerprint density at radius 3 is 2.56 bits per heavy atom. The van der Waals surface area contributed by atoms with Gasteiger partial charge in [-0.15, -0.1) is 0 Å². The fraction of sp³-hybridized carbons (Fsp3) is 0.455. The van der Waals surface area contributed by atoms with Crippen molar-refractivity contribution in [3.8, 4) is 0 Å². The fourth-order valence-electron chi connectivity index (χ4n) is 3.49. The van der Waals surface area contributed by atoms with Gasteiger partial charge < -0.3 is 9.64 Å². The van der Waals surface area contributed by atoms with Gasteiger partial charge in [0, 0.05) is 38.0 Å². The van der Waals surface area contributed by atoms with Crippen LogP contribution in [0.3, 0.4) is 0 Å². The number of methoxy groups -OCH3 is 1. The molecule has 0 bridgehead atoms. The maximum atomic E-state index is 13.0. The van der Waals surface area contributed by atoms with Crippen molar-refractivity contribution in [2.24, 2.45) is 0 Å². The molecule has 5 heteroatoms. The zero-order valence-electron chi connectivity index (χ0n) is 16.2. The second-order valence-electron chi connectivity index (χ2n) is 7.70. The standard InChI is InChI=1S/C22H27FN2O2/c1-22(2,27-3)21(26)25-12-4-5-18(15-25)20-11-8-17(14-24-20)13-16-6-9-19(23)10-7-16/h6-11,14,18H,4-5,12-13,15H2,1-3H3/t18-/m1/s1. The molecule has 1 atom stereocenters. The van der Waals surface area contributed by atoms with Crippen molar-refractivity contribution in [2.75, 3.05) is 20.2 Å². The summed E-state index contributed by atoms with van der Waals surface area (Å²) in [5.74, 6) is 0.0538. The molecule has 0 spiro atoms. The average Bonchev–Trinajstić information content (AvgIpc) is 2.70. The predicted molar refractivity (Wildman–Crippen MR) is 103 cm³/mol. The first-order valence-corrected chi connectivity index (χ1v) is 9.43. The second kappa shape index (κ2) is 8.17. The van der Waals surface area contributed by atoms with Crippen LogP contribution in [0.1, 0.15) is 49.4 Å². The second-order valence-corrected chi connectivity index (χ2v) is 7.70. The number of piperidine rings is 1. The van der Waals surface area contributed by atoms with E-state index in [-0.39, 0.29) is 17.6 Å². The topological polar surface area (TPSA) is 42.4 Å². The molecule has 1 aliphatic heterocycles. The zero-order chi connectivity index (χ0) is 19.4. The lowest BCUT2D eigenvalue weighted by atomic mass is 9.92. The average molecular weight is 370 g/mol. The number of nitrogens with zero attached hydrogens (tertiary/aromatic N) is 2. The van der Waals surface area contributed by atoms with Crippen LogP contribution in [0.2, 0.25) is 0 Å². The molecule has 1 saturated heterocycles. The highest BCUT2D eigenvalue weighted by molar-refractivity contribution is 5.84. The van der Waals surface area contributed by atoms with E-state index in [1.54, 1.807) is 33.1 Å². The van der Waals surface area contributed by atoms with E-state index in [1.807, 2.05) is 11.1 Å². The molecule has 0 aliphatic carbocycles. The quantitative estimate of drug-likeness (QED) is 0.801. The third kappa shape index (κ3) is 4.72. The van der Waals surface area contributed by atoms with E-state index in [4.69, 9.17) is 4.74 Å². The Kier molecular flexibility index (Phi) is 5.90. The molecule has 2 aromatic rings. The van der Waals surface area contributed by atoms with Gasteiger partial charge in [-0.1, -0.05) is 18.2 Å². The Hall–Kier alpha value is -2.27. The molecule has 144 valence electrons. The smallest absolute Gasteiger partial charge is 0.254 e. The number of ether oxygens (including phenoxy) is 1. The number of carbonyl (C=O) groups is 1. The summed E-state index contributed by atoms with van der Waals surface area (Å²) < 4.78 is 18.4. The van der Waals surface area contributed by atoms with Crippen molar-refractivity contribution < 1.29 is 13.9 Å². The minimum atomic E-state index is -0.797. The molecule has 27 heavy (non-hydrogen) atoms. The summed E-state index contributed by atoms with van der Waals surface area (Å²) in [6.07, 6.45) is 4.61. The van der Waals surface area contributed by atoms with Gasteiger partial charge in [0.05, 0.1) is 0 Å². The lowest BCUT2D eigenvalue weighted by Gasteiger charge is -2.36. The van der Waals surface area contributed by atoms with E-state index in [1.165, 1.54) is 12.1 Å². The van der Waals surface area contributed by atoms with Gasteiger partial charge in [0.1, 0.15) is 11.4 Å². The molecular formula is C22H27FN2O2. The number of benzene rings is 1. The maximum Gasteiger partial charge on any atom is 0.254 e. The summed E-state index contributed by atoms with van der Waals surface area (Å²) in [7, 11) is 1.57. The number of pyridine rings is 1. The molecule has 3 rings (SSSR count). The van der Waals surface area contributed by atoms with Crippen LogP contribution in [0.5, 0.6) is 0 Å². The van der Waals surface area contributed by atoms with Crippen LogP contribution >= 0.6 is 0 Å². The first-order chi connectivity index (χ1) is 12.9. The van der Waals surface area contributed by atoms with Crippen molar-refractivity contribution in [1.82, 2.24) is 9.88 Å². The molecule has 1 fully saturated rings. The predicted octanol–water partition coefficient (Wildman–Crippen LogP) is 3.94. The molecular weight excluding hydrogens is 343 g/mol. The Morgan fingerprint density at radius 1 is 1.22 bits per heavy atom. The van der Waals surface area contributed by atoms with Crippen LogP contribution in [0, 0.1) is 5.82 Å². The minimum Gasteiger partial charge on any atom is -0.369 e.